The van der Waals surface area contributed by atoms with Crippen molar-refractivity contribution in [2.24, 2.45) is 0 Å². The van der Waals surface area contributed by atoms with Crippen molar-refractivity contribution in [3.8, 4) is 0 Å². The number of carbonyl (C=O) groups is 1. The van der Waals surface area contributed by atoms with Crippen molar-refractivity contribution in [3.63, 3.8) is 0 Å². The summed E-state index contributed by atoms with van der Waals surface area (Å²) in [7, 11) is 1.59. The molecule has 1 aliphatic rings. The normalized spacial score (nSPS) is 24.3. The number of likely N-dealkylation sites (tertiary alicyclic amines) is 1. The Morgan fingerprint density at radius 3 is 3.11 bits per heavy atom. The highest BCUT2D eigenvalue weighted by Crippen LogP contribution is 2.24. The predicted octanol–water partition coefficient (Wildman–Crippen LogP) is 1.67. The van der Waals surface area contributed by atoms with Crippen LogP contribution in [0.5, 0.6) is 0 Å². The van der Waals surface area contributed by atoms with Gasteiger partial charge in [0.15, 0.2) is 0 Å². The Kier molecular flexibility index (Phi) is 4.54. The largest absolute Gasteiger partial charge is 0.390 e. The number of nitrogens with zero attached hydrogens (tertiary/aromatic N) is 2. The number of aromatic nitrogens is 1. The van der Waals surface area contributed by atoms with E-state index in [4.69, 9.17) is 4.74 Å². The highest BCUT2D eigenvalue weighted by Gasteiger charge is 2.28. The van der Waals surface area contributed by atoms with Crippen LogP contribution in [0.3, 0.4) is 0 Å². The van der Waals surface area contributed by atoms with E-state index in [9.17, 15) is 9.90 Å². The summed E-state index contributed by atoms with van der Waals surface area (Å²) in [5.74, 6) is 0.00671. The smallest absolute Gasteiger partial charge is 0.265 e. The van der Waals surface area contributed by atoms with Crippen molar-refractivity contribution in [1.82, 2.24) is 9.88 Å². The van der Waals surface area contributed by atoms with E-state index < -0.39 is 5.60 Å². The first-order chi connectivity index (χ1) is 9.03. The third-order valence-electron chi connectivity index (χ3n) is 3.47. The van der Waals surface area contributed by atoms with Crippen LogP contribution in [0, 0.1) is 0 Å². The molecule has 1 saturated heterocycles. The van der Waals surface area contributed by atoms with Gasteiger partial charge in [-0.2, -0.15) is 0 Å². The molecule has 1 aromatic rings. The zero-order chi connectivity index (χ0) is 13.9. The lowest BCUT2D eigenvalue weighted by atomic mass is 9.98. The van der Waals surface area contributed by atoms with E-state index in [1.54, 1.807) is 12.6 Å². The number of rotatable bonds is 3. The Bertz CT molecular complexity index is 445. The molecule has 1 amide bonds. The maximum Gasteiger partial charge on any atom is 0.265 e. The summed E-state index contributed by atoms with van der Waals surface area (Å²) in [6, 6.07) is 0. The van der Waals surface area contributed by atoms with Crippen LogP contribution in [0.2, 0.25) is 0 Å². The molecule has 1 unspecified atom stereocenters. The second kappa shape index (κ2) is 5.98. The zero-order valence-electron chi connectivity index (χ0n) is 11.4. The van der Waals surface area contributed by atoms with Gasteiger partial charge in [0.1, 0.15) is 4.88 Å². The summed E-state index contributed by atoms with van der Waals surface area (Å²) in [4.78, 5) is 19.1. The fourth-order valence-corrected chi connectivity index (χ4v) is 3.06. The van der Waals surface area contributed by atoms with Gasteiger partial charge in [-0.25, -0.2) is 4.98 Å². The molecule has 1 fully saturated rings. The first-order valence-corrected chi connectivity index (χ1v) is 7.34. The molecule has 2 heterocycles. The summed E-state index contributed by atoms with van der Waals surface area (Å²) in [5, 5.41) is 10.1. The first-order valence-electron chi connectivity index (χ1n) is 6.46. The van der Waals surface area contributed by atoms with Crippen LogP contribution in [-0.4, -0.2) is 46.7 Å². The predicted molar refractivity (Wildman–Crippen MR) is 73.2 cm³/mol. The Labute approximate surface area is 117 Å². The van der Waals surface area contributed by atoms with Crippen LogP contribution >= 0.6 is 11.3 Å². The van der Waals surface area contributed by atoms with Gasteiger partial charge in [0.25, 0.3) is 5.91 Å². The molecular formula is C13H20N2O3S. The van der Waals surface area contributed by atoms with Gasteiger partial charge in [-0.05, 0) is 26.2 Å². The summed E-state index contributed by atoms with van der Waals surface area (Å²) in [6.45, 7) is 3.48. The van der Waals surface area contributed by atoms with Crippen molar-refractivity contribution in [1.29, 1.82) is 0 Å². The highest BCUT2D eigenvalue weighted by molar-refractivity contribution is 7.11. The zero-order valence-corrected chi connectivity index (χ0v) is 12.2. The van der Waals surface area contributed by atoms with Crippen LogP contribution in [0.1, 0.15) is 41.6 Å². The van der Waals surface area contributed by atoms with E-state index in [1.807, 2.05) is 11.8 Å². The highest BCUT2D eigenvalue weighted by atomic mass is 32.1. The number of thiazole rings is 1. The fraction of sp³-hybridized carbons (Fsp3) is 0.692. The van der Waals surface area contributed by atoms with Crippen molar-refractivity contribution in [2.45, 2.75) is 38.4 Å². The number of amides is 1. The fourth-order valence-electron chi connectivity index (χ4n) is 2.29. The van der Waals surface area contributed by atoms with Gasteiger partial charge >= 0.3 is 0 Å². The molecule has 1 aromatic heterocycles. The Balaban J connectivity index is 2.08. The van der Waals surface area contributed by atoms with Gasteiger partial charge in [-0.1, -0.05) is 0 Å². The number of aliphatic hydroxyl groups is 1. The molecule has 0 radical (unpaired) electrons. The first kappa shape index (κ1) is 14.4. The lowest BCUT2D eigenvalue weighted by Gasteiger charge is -2.22. The lowest BCUT2D eigenvalue weighted by molar-refractivity contribution is 0.0438. The molecule has 5 nitrogen and oxygen atoms in total. The van der Waals surface area contributed by atoms with Crippen LogP contribution in [0.25, 0.3) is 0 Å². The van der Waals surface area contributed by atoms with Crippen LogP contribution in [0.15, 0.2) is 5.51 Å². The third kappa shape index (κ3) is 3.52. The monoisotopic (exact) mass is 284 g/mol. The average molecular weight is 284 g/mol. The molecule has 2 rings (SSSR count). The van der Waals surface area contributed by atoms with Crippen molar-refractivity contribution in [3.05, 3.63) is 16.1 Å². The van der Waals surface area contributed by atoms with Crippen LogP contribution in [-0.2, 0) is 11.3 Å². The standard InChI is InChI=1S/C13H20N2O3S/c1-13(17)4-3-6-15(7-5-13)12(16)11-10(8-18-2)14-9-19-11/h9,17H,3-8H2,1-2H3. The summed E-state index contributed by atoms with van der Waals surface area (Å²) in [5.41, 5.74) is 1.72. The molecule has 0 aliphatic carbocycles. The number of carbonyl (C=O) groups excluding carboxylic acids is 1. The molecule has 1 aliphatic heterocycles. The minimum atomic E-state index is -0.655. The molecule has 0 spiro atoms. The van der Waals surface area contributed by atoms with Gasteiger partial charge in [0.05, 0.1) is 23.4 Å². The molecule has 6 heteroatoms. The van der Waals surface area contributed by atoms with Crippen LogP contribution < -0.4 is 0 Å². The average Bonchev–Trinajstić information content (AvgIpc) is 2.73. The Morgan fingerprint density at radius 1 is 1.58 bits per heavy atom. The second-order valence-electron chi connectivity index (χ2n) is 5.20. The van der Waals surface area contributed by atoms with Gasteiger partial charge in [-0.15, -0.1) is 11.3 Å². The summed E-state index contributed by atoms with van der Waals surface area (Å²) in [6.07, 6.45) is 2.19. The molecule has 0 aromatic carbocycles. The van der Waals surface area contributed by atoms with E-state index in [0.29, 0.717) is 36.7 Å². The van der Waals surface area contributed by atoms with Gasteiger partial charge in [0, 0.05) is 20.2 Å². The molecule has 1 atom stereocenters. The molecule has 0 bridgehead atoms. The topological polar surface area (TPSA) is 62.7 Å². The molecular weight excluding hydrogens is 264 g/mol. The summed E-state index contributed by atoms with van der Waals surface area (Å²) < 4.78 is 5.06. The van der Waals surface area contributed by atoms with E-state index in [0.717, 1.165) is 12.8 Å². The van der Waals surface area contributed by atoms with Crippen LogP contribution in [0.4, 0.5) is 0 Å². The summed E-state index contributed by atoms with van der Waals surface area (Å²) >= 11 is 1.35. The molecule has 106 valence electrons. The van der Waals surface area contributed by atoms with Crippen molar-refractivity contribution in [2.75, 3.05) is 20.2 Å². The number of hydrogen-bond acceptors (Lipinski definition) is 5. The van der Waals surface area contributed by atoms with E-state index in [-0.39, 0.29) is 5.91 Å². The van der Waals surface area contributed by atoms with Crippen molar-refractivity contribution < 1.29 is 14.6 Å². The third-order valence-corrected chi connectivity index (χ3v) is 4.32. The Morgan fingerprint density at radius 2 is 2.37 bits per heavy atom. The minimum Gasteiger partial charge on any atom is -0.390 e. The van der Waals surface area contributed by atoms with Crippen molar-refractivity contribution >= 4 is 17.2 Å². The second-order valence-corrected chi connectivity index (χ2v) is 6.06. The number of hydrogen-bond donors (Lipinski definition) is 1. The van der Waals surface area contributed by atoms with E-state index in [2.05, 4.69) is 4.98 Å². The SMILES string of the molecule is COCc1ncsc1C(=O)N1CCCC(C)(O)CC1. The maximum atomic E-state index is 12.5. The van der Waals surface area contributed by atoms with E-state index in [1.165, 1.54) is 11.3 Å². The van der Waals surface area contributed by atoms with Gasteiger partial charge in [-0.3, -0.25) is 4.79 Å². The molecule has 19 heavy (non-hydrogen) atoms. The lowest BCUT2D eigenvalue weighted by Crippen LogP contribution is -2.33. The molecule has 0 saturated carbocycles. The number of methoxy groups -OCH3 is 1. The minimum absolute atomic E-state index is 0.00671. The maximum absolute atomic E-state index is 12.5. The van der Waals surface area contributed by atoms with E-state index >= 15 is 0 Å². The quantitative estimate of drug-likeness (QED) is 0.917. The van der Waals surface area contributed by atoms with Gasteiger partial charge < -0.3 is 14.7 Å². The molecule has 1 N–H and O–H groups in total. The number of ether oxygens (including phenoxy) is 1. The van der Waals surface area contributed by atoms with Gasteiger partial charge in [0.2, 0.25) is 0 Å². The Hall–Kier alpha value is -0.980.